The van der Waals surface area contributed by atoms with E-state index < -0.39 is 4.92 Å². The zero-order valence-electron chi connectivity index (χ0n) is 13.6. The highest BCUT2D eigenvalue weighted by Gasteiger charge is 2.27. The van der Waals surface area contributed by atoms with Gasteiger partial charge in [0, 0.05) is 48.7 Å². The number of nitrogens with one attached hydrogen (secondary N) is 1. The van der Waals surface area contributed by atoms with Gasteiger partial charge in [-0.05, 0) is 24.5 Å². The molecule has 1 fully saturated rings. The summed E-state index contributed by atoms with van der Waals surface area (Å²) in [5.74, 6) is 0.0875. The number of aliphatic hydroxyl groups is 1. The van der Waals surface area contributed by atoms with Gasteiger partial charge < -0.3 is 15.0 Å². The van der Waals surface area contributed by atoms with E-state index in [1.165, 1.54) is 12.1 Å². The number of likely N-dealkylation sites (N-methyl/N-ethyl adjacent to an activating group) is 1. The van der Waals surface area contributed by atoms with Crippen LogP contribution in [0.3, 0.4) is 0 Å². The first-order valence-corrected chi connectivity index (χ1v) is 8.12. The minimum atomic E-state index is -0.439. The molecular weight excluding hydrogens is 310 g/mol. The number of fused-ring (bicyclic) bond motifs is 1. The smallest absolute Gasteiger partial charge is 0.270 e. The number of nitro groups is 1. The molecule has 7 nitrogen and oxygen atoms in total. The zero-order chi connectivity index (χ0) is 17.3. The van der Waals surface area contributed by atoms with Gasteiger partial charge in [-0.3, -0.25) is 14.9 Å². The minimum absolute atomic E-state index is 0.0123. The topological polar surface area (TPSA) is 99.5 Å². The zero-order valence-corrected chi connectivity index (χ0v) is 13.6. The Labute approximate surface area is 139 Å². The van der Waals surface area contributed by atoms with E-state index in [-0.39, 0.29) is 30.0 Å². The molecule has 2 N–H and O–H groups in total. The first-order chi connectivity index (χ1) is 11.5. The number of hydrogen-bond donors (Lipinski definition) is 2. The van der Waals surface area contributed by atoms with Crippen LogP contribution in [-0.2, 0) is 11.2 Å². The number of benzene rings is 1. The Bertz CT molecular complexity index is 770. The normalized spacial score (nSPS) is 20.4. The lowest BCUT2D eigenvalue weighted by Gasteiger charge is -2.23. The average molecular weight is 331 g/mol. The Morgan fingerprint density at radius 1 is 1.46 bits per heavy atom. The van der Waals surface area contributed by atoms with Gasteiger partial charge in [-0.25, -0.2) is 0 Å². The number of nitrogens with zero attached hydrogens (tertiary/aromatic N) is 2. The lowest BCUT2D eigenvalue weighted by atomic mass is 10.0. The predicted molar refractivity (Wildman–Crippen MR) is 89.6 cm³/mol. The Morgan fingerprint density at radius 3 is 2.92 bits per heavy atom. The summed E-state index contributed by atoms with van der Waals surface area (Å²) in [7, 11) is 1.74. The van der Waals surface area contributed by atoms with E-state index in [1.807, 2.05) is 0 Å². The van der Waals surface area contributed by atoms with Crippen LogP contribution in [0.4, 0.5) is 5.69 Å². The number of carbonyl (C=O) groups is 1. The van der Waals surface area contributed by atoms with Crippen molar-refractivity contribution in [3.8, 4) is 0 Å². The monoisotopic (exact) mass is 331 g/mol. The number of aromatic nitrogens is 1. The van der Waals surface area contributed by atoms with Crippen molar-refractivity contribution in [3.63, 3.8) is 0 Å². The van der Waals surface area contributed by atoms with Crippen molar-refractivity contribution in [2.24, 2.45) is 5.92 Å². The van der Waals surface area contributed by atoms with E-state index in [4.69, 9.17) is 0 Å². The van der Waals surface area contributed by atoms with Gasteiger partial charge in [0.2, 0.25) is 5.91 Å². The molecule has 2 aromatic rings. The number of aliphatic hydroxyl groups excluding tert-OH is 1. The minimum Gasteiger partial charge on any atom is -0.393 e. The Hall–Kier alpha value is -2.41. The number of amides is 1. The van der Waals surface area contributed by atoms with Crippen LogP contribution < -0.4 is 0 Å². The number of nitro benzene ring substituents is 1. The molecule has 0 aliphatic heterocycles. The van der Waals surface area contributed by atoms with Crippen LogP contribution in [0.5, 0.6) is 0 Å². The van der Waals surface area contributed by atoms with Gasteiger partial charge in [0.05, 0.1) is 17.4 Å². The van der Waals surface area contributed by atoms with Crippen molar-refractivity contribution >= 4 is 22.5 Å². The first kappa shape index (κ1) is 16.4. The fraction of sp³-hybridized carbons (Fsp3) is 0.471. The lowest BCUT2D eigenvalue weighted by Crippen LogP contribution is -2.35. The van der Waals surface area contributed by atoms with Crippen LogP contribution in [0.2, 0.25) is 0 Å². The number of rotatable bonds is 5. The van der Waals surface area contributed by atoms with Crippen LogP contribution in [0.15, 0.2) is 24.4 Å². The van der Waals surface area contributed by atoms with Crippen LogP contribution >= 0.6 is 0 Å². The summed E-state index contributed by atoms with van der Waals surface area (Å²) < 4.78 is 0. The molecular formula is C17H21N3O4. The molecule has 24 heavy (non-hydrogen) atoms. The van der Waals surface area contributed by atoms with E-state index in [0.29, 0.717) is 11.9 Å². The molecule has 0 spiro atoms. The lowest BCUT2D eigenvalue weighted by molar-refractivity contribution is -0.384. The van der Waals surface area contributed by atoms with Crippen LogP contribution in [-0.4, -0.2) is 45.5 Å². The van der Waals surface area contributed by atoms with E-state index >= 15 is 0 Å². The van der Waals surface area contributed by atoms with Crippen LogP contribution in [0, 0.1) is 16.0 Å². The van der Waals surface area contributed by atoms with Crippen molar-refractivity contribution in [3.05, 3.63) is 40.1 Å². The van der Waals surface area contributed by atoms with Gasteiger partial charge in [0.25, 0.3) is 5.69 Å². The summed E-state index contributed by atoms with van der Waals surface area (Å²) in [5.41, 5.74) is 1.54. The van der Waals surface area contributed by atoms with Gasteiger partial charge >= 0.3 is 0 Å². The molecule has 1 aliphatic rings. The molecule has 0 saturated heterocycles. The summed E-state index contributed by atoms with van der Waals surface area (Å²) in [6.45, 7) is 0.544. The highest BCUT2D eigenvalue weighted by Crippen LogP contribution is 2.27. The van der Waals surface area contributed by atoms with Crippen molar-refractivity contribution in [1.82, 2.24) is 9.88 Å². The molecule has 1 aliphatic carbocycles. The van der Waals surface area contributed by atoms with Crippen molar-refractivity contribution in [2.45, 2.75) is 31.8 Å². The standard InChI is InChI=1S/C17H21N3O4/c1-19(10-11-3-2-4-16(11)21)17(22)7-12-9-18-15-6-5-13(20(23)24)8-14(12)15/h5-6,8-9,11,16,18,21H,2-4,7,10H2,1H3. The molecule has 1 amide bonds. The third kappa shape index (κ3) is 3.26. The Kier molecular flexibility index (Phi) is 4.53. The van der Waals surface area contributed by atoms with Crippen molar-refractivity contribution in [2.75, 3.05) is 13.6 Å². The maximum absolute atomic E-state index is 12.5. The van der Waals surface area contributed by atoms with Gasteiger partial charge in [-0.15, -0.1) is 0 Å². The number of H-pyrrole nitrogens is 1. The second-order valence-corrected chi connectivity index (χ2v) is 6.51. The fourth-order valence-electron chi connectivity index (χ4n) is 3.41. The summed E-state index contributed by atoms with van der Waals surface area (Å²) in [4.78, 5) is 27.6. The third-order valence-electron chi connectivity index (χ3n) is 4.86. The molecule has 1 aromatic heterocycles. The van der Waals surface area contributed by atoms with E-state index in [1.54, 1.807) is 24.2 Å². The van der Waals surface area contributed by atoms with E-state index in [9.17, 15) is 20.0 Å². The quantitative estimate of drug-likeness (QED) is 0.648. The number of non-ortho nitro benzene ring substituents is 1. The van der Waals surface area contributed by atoms with Crippen LogP contribution in [0.25, 0.3) is 10.9 Å². The molecule has 1 aromatic carbocycles. The number of hydrogen-bond acceptors (Lipinski definition) is 4. The number of aromatic amines is 1. The molecule has 3 rings (SSSR count). The average Bonchev–Trinajstić information content (AvgIpc) is 3.13. The maximum atomic E-state index is 12.5. The number of carbonyl (C=O) groups excluding carboxylic acids is 1. The summed E-state index contributed by atoms with van der Waals surface area (Å²) in [6, 6.07) is 4.59. The first-order valence-electron chi connectivity index (χ1n) is 8.12. The predicted octanol–water partition coefficient (Wildman–Crippen LogP) is 2.24. The summed E-state index contributed by atoms with van der Waals surface area (Å²) in [5, 5.41) is 21.5. The second-order valence-electron chi connectivity index (χ2n) is 6.51. The largest absolute Gasteiger partial charge is 0.393 e. The highest BCUT2D eigenvalue weighted by atomic mass is 16.6. The van der Waals surface area contributed by atoms with Crippen molar-refractivity contribution in [1.29, 1.82) is 0 Å². The molecule has 128 valence electrons. The van der Waals surface area contributed by atoms with Crippen molar-refractivity contribution < 1.29 is 14.8 Å². The highest BCUT2D eigenvalue weighted by molar-refractivity contribution is 5.90. The second kappa shape index (κ2) is 6.60. The maximum Gasteiger partial charge on any atom is 0.270 e. The van der Waals surface area contributed by atoms with E-state index in [0.717, 1.165) is 30.3 Å². The molecule has 2 unspecified atom stereocenters. The molecule has 1 heterocycles. The van der Waals surface area contributed by atoms with Gasteiger partial charge in [0.15, 0.2) is 0 Å². The van der Waals surface area contributed by atoms with E-state index in [2.05, 4.69) is 4.98 Å². The summed E-state index contributed by atoms with van der Waals surface area (Å²) in [6.07, 6.45) is 4.33. The molecule has 7 heteroatoms. The van der Waals surface area contributed by atoms with Gasteiger partial charge in [-0.1, -0.05) is 6.42 Å². The SMILES string of the molecule is CN(CC1CCCC1O)C(=O)Cc1c[nH]c2ccc([N+](=O)[O-])cc12. The molecule has 0 bridgehead atoms. The van der Waals surface area contributed by atoms with Crippen LogP contribution in [0.1, 0.15) is 24.8 Å². The molecule has 2 atom stereocenters. The third-order valence-corrected chi connectivity index (χ3v) is 4.86. The Morgan fingerprint density at radius 2 is 2.25 bits per heavy atom. The van der Waals surface area contributed by atoms with Gasteiger partial charge in [0.1, 0.15) is 0 Å². The summed E-state index contributed by atoms with van der Waals surface area (Å²) >= 11 is 0. The van der Waals surface area contributed by atoms with Gasteiger partial charge in [-0.2, -0.15) is 0 Å². The molecule has 0 radical (unpaired) electrons. The fourth-order valence-corrected chi connectivity index (χ4v) is 3.41. The Balaban J connectivity index is 1.72. The molecule has 1 saturated carbocycles.